The van der Waals surface area contributed by atoms with Crippen LogP contribution in [0.3, 0.4) is 0 Å². The second-order valence-corrected chi connectivity index (χ2v) is 4.82. The number of hydrogen-bond acceptors (Lipinski definition) is 4. The fourth-order valence-electron chi connectivity index (χ4n) is 1.62. The van der Waals surface area contributed by atoms with E-state index in [0.29, 0.717) is 11.4 Å². The zero-order chi connectivity index (χ0) is 15.2. The normalized spacial score (nSPS) is 11.7. The molecule has 7 nitrogen and oxygen atoms in total. The van der Waals surface area contributed by atoms with E-state index in [1.54, 1.807) is 24.3 Å². The fraction of sp³-hybridized carbons (Fsp3) is 0.0769. The van der Waals surface area contributed by atoms with Crippen LogP contribution in [-0.2, 0) is 17.9 Å². The minimum absolute atomic E-state index is 0.220. The highest BCUT2D eigenvalue weighted by Gasteiger charge is 2.04. The minimum Gasteiger partial charge on any atom is -0.487 e. The van der Waals surface area contributed by atoms with Crippen molar-refractivity contribution in [3.8, 4) is 5.75 Å². The van der Waals surface area contributed by atoms with Crippen molar-refractivity contribution in [3.05, 3.63) is 53.9 Å². The van der Waals surface area contributed by atoms with E-state index < -0.39 is 17.2 Å². The number of ether oxygens (including phenoxy) is 1. The highest BCUT2D eigenvalue weighted by Crippen LogP contribution is 2.16. The van der Waals surface area contributed by atoms with Gasteiger partial charge in [-0.1, -0.05) is 12.1 Å². The summed E-state index contributed by atoms with van der Waals surface area (Å²) in [6.07, 6.45) is 2.83. The molecule has 4 N–H and O–H groups in total. The number of benzene rings is 1. The Bertz CT molecular complexity index is 678. The molecule has 0 spiro atoms. The smallest absolute Gasteiger partial charge is 0.259 e. The number of hydrogen-bond donors (Lipinski definition) is 3. The van der Waals surface area contributed by atoms with E-state index >= 15 is 0 Å². The third-order valence-electron chi connectivity index (χ3n) is 2.54. The summed E-state index contributed by atoms with van der Waals surface area (Å²) in [4.78, 5) is 14.9. The van der Waals surface area contributed by atoms with Crippen LogP contribution in [0.1, 0.15) is 15.9 Å². The van der Waals surface area contributed by atoms with E-state index in [4.69, 9.17) is 15.0 Å². The lowest BCUT2D eigenvalue weighted by atomic mass is 10.2. The van der Waals surface area contributed by atoms with E-state index in [1.807, 2.05) is 0 Å². The molecule has 1 aromatic heterocycles. The number of amides is 1. The summed E-state index contributed by atoms with van der Waals surface area (Å²) in [6.45, 7) is 0.220. The molecule has 8 heteroatoms. The second-order valence-electron chi connectivity index (χ2n) is 4.11. The van der Waals surface area contributed by atoms with Gasteiger partial charge in [0.05, 0.1) is 11.8 Å². The van der Waals surface area contributed by atoms with Crippen LogP contribution in [0.2, 0.25) is 0 Å². The van der Waals surface area contributed by atoms with Crippen molar-refractivity contribution in [1.82, 2.24) is 4.98 Å². The lowest BCUT2D eigenvalue weighted by Gasteiger charge is -2.08. The Balaban J connectivity index is 2.04. The van der Waals surface area contributed by atoms with Gasteiger partial charge in [-0.2, -0.15) is 0 Å². The molecule has 21 heavy (non-hydrogen) atoms. The zero-order valence-electron chi connectivity index (χ0n) is 10.9. The van der Waals surface area contributed by atoms with Crippen molar-refractivity contribution in [3.63, 3.8) is 0 Å². The summed E-state index contributed by atoms with van der Waals surface area (Å²) in [5, 5.41) is 0. The summed E-state index contributed by atoms with van der Waals surface area (Å²) < 4.78 is 27.3. The third kappa shape index (κ3) is 4.55. The van der Waals surface area contributed by atoms with E-state index in [0.717, 1.165) is 5.56 Å². The van der Waals surface area contributed by atoms with Crippen LogP contribution < -0.4 is 15.2 Å². The highest BCUT2D eigenvalue weighted by atomic mass is 32.2. The molecule has 110 valence electrons. The first-order chi connectivity index (χ1) is 10.0. The molecule has 0 aliphatic carbocycles. The van der Waals surface area contributed by atoms with E-state index in [9.17, 15) is 9.00 Å². The van der Waals surface area contributed by atoms with Gasteiger partial charge in [0, 0.05) is 11.9 Å². The molecule has 2 rings (SSSR count). The number of nitrogens with one attached hydrogen (secondary N) is 1. The number of carbonyl (C=O) groups is 1. The van der Waals surface area contributed by atoms with Crippen molar-refractivity contribution in [2.24, 2.45) is 5.73 Å². The van der Waals surface area contributed by atoms with Crippen LogP contribution in [0.4, 0.5) is 5.69 Å². The van der Waals surface area contributed by atoms with Gasteiger partial charge in [0.15, 0.2) is 0 Å². The summed E-state index contributed by atoms with van der Waals surface area (Å²) in [5.41, 5.74) is 6.71. The maximum absolute atomic E-state index is 11.0. The van der Waals surface area contributed by atoms with Crippen molar-refractivity contribution in [1.29, 1.82) is 0 Å². The minimum atomic E-state index is -2.13. The molecule has 1 aromatic carbocycles. The highest BCUT2D eigenvalue weighted by molar-refractivity contribution is 7.80. The molecule has 1 atom stereocenters. The summed E-state index contributed by atoms with van der Waals surface area (Å²) in [7, 11) is 0. The van der Waals surface area contributed by atoms with Gasteiger partial charge in [-0.3, -0.25) is 19.1 Å². The van der Waals surface area contributed by atoms with Gasteiger partial charge in [0.1, 0.15) is 12.4 Å². The van der Waals surface area contributed by atoms with Crippen LogP contribution in [0.5, 0.6) is 5.75 Å². The fourth-order valence-corrected chi connectivity index (χ4v) is 1.95. The first-order valence-electron chi connectivity index (χ1n) is 5.88. The Labute approximate surface area is 123 Å². The number of rotatable bonds is 6. The van der Waals surface area contributed by atoms with Crippen molar-refractivity contribution >= 4 is 22.9 Å². The molecule has 1 heterocycles. The molecule has 1 amide bonds. The first kappa shape index (κ1) is 14.9. The SMILES string of the molecule is NC(=O)c1cncc(OCc2cccc(NS(=O)O)c2)c1. The Kier molecular flexibility index (Phi) is 4.85. The number of pyridine rings is 1. The summed E-state index contributed by atoms with van der Waals surface area (Å²) >= 11 is -2.13. The van der Waals surface area contributed by atoms with Crippen LogP contribution in [0, 0.1) is 0 Å². The van der Waals surface area contributed by atoms with Crippen molar-refractivity contribution in [2.75, 3.05) is 4.72 Å². The number of primary amides is 1. The Hall–Kier alpha value is -2.45. The Morgan fingerprint density at radius 3 is 2.90 bits per heavy atom. The Morgan fingerprint density at radius 2 is 2.19 bits per heavy atom. The van der Waals surface area contributed by atoms with Gasteiger partial charge < -0.3 is 10.5 Å². The molecular weight excluding hydrogens is 294 g/mol. The topological polar surface area (TPSA) is 115 Å². The number of nitrogens with two attached hydrogens (primary N) is 1. The number of anilines is 1. The van der Waals surface area contributed by atoms with Crippen LogP contribution in [0.25, 0.3) is 0 Å². The van der Waals surface area contributed by atoms with Gasteiger partial charge in [-0.05, 0) is 23.8 Å². The predicted molar refractivity (Wildman–Crippen MR) is 77.9 cm³/mol. The standard InChI is InChI=1S/C13H13N3O4S/c14-13(17)10-5-12(7-15-6-10)20-8-9-2-1-3-11(4-9)16-21(18)19/h1-7,16H,8H2,(H2,14,17)(H,18,19). The molecule has 0 saturated carbocycles. The quantitative estimate of drug-likeness (QED) is 0.696. The van der Waals surface area contributed by atoms with Crippen LogP contribution in [-0.4, -0.2) is 19.7 Å². The average Bonchev–Trinajstić information content (AvgIpc) is 2.45. The lowest BCUT2D eigenvalue weighted by molar-refractivity contribution is 0.0999. The monoisotopic (exact) mass is 307 g/mol. The zero-order valence-corrected chi connectivity index (χ0v) is 11.7. The van der Waals surface area contributed by atoms with Crippen LogP contribution >= 0.6 is 0 Å². The molecule has 2 aromatic rings. The average molecular weight is 307 g/mol. The molecule has 0 fully saturated rings. The molecule has 0 aliphatic rings. The van der Waals surface area contributed by atoms with Crippen molar-refractivity contribution < 1.29 is 18.3 Å². The van der Waals surface area contributed by atoms with E-state index in [-0.39, 0.29) is 12.2 Å². The molecular formula is C13H13N3O4S. The van der Waals surface area contributed by atoms with Gasteiger partial charge in [-0.15, -0.1) is 0 Å². The maximum atomic E-state index is 11.0. The maximum Gasteiger partial charge on any atom is 0.259 e. The number of nitrogens with zero attached hydrogens (tertiary/aromatic N) is 1. The second kappa shape index (κ2) is 6.82. The van der Waals surface area contributed by atoms with E-state index in [1.165, 1.54) is 18.5 Å². The summed E-state index contributed by atoms with van der Waals surface area (Å²) in [6, 6.07) is 8.37. The largest absolute Gasteiger partial charge is 0.487 e. The lowest BCUT2D eigenvalue weighted by Crippen LogP contribution is -2.11. The Morgan fingerprint density at radius 1 is 1.38 bits per heavy atom. The molecule has 0 aliphatic heterocycles. The van der Waals surface area contributed by atoms with Gasteiger partial charge in [0.2, 0.25) is 5.91 Å². The predicted octanol–water partition coefficient (Wildman–Crippen LogP) is 1.31. The van der Waals surface area contributed by atoms with E-state index in [2.05, 4.69) is 9.71 Å². The molecule has 0 radical (unpaired) electrons. The van der Waals surface area contributed by atoms with Crippen LogP contribution in [0.15, 0.2) is 42.7 Å². The first-order valence-corrected chi connectivity index (χ1v) is 6.99. The summed E-state index contributed by atoms with van der Waals surface area (Å²) in [5.74, 6) is -0.167. The van der Waals surface area contributed by atoms with Crippen molar-refractivity contribution in [2.45, 2.75) is 6.61 Å². The van der Waals surface area contributed by atoms with Gasteiger partial charge in [-0.25, -0.2) is 4.21 Å². The number of carbonyl (C=O) groups excluding carboxylic acids is 1. The van der Waals surface area contributed by atoms with Gasteiger partial charge >= 0.3 is 0 Å². The molecule has 1 unspecified atom stereocenters. The number of aromatic nitrogens is 1. The third-order valence-corrected chi connectivity index (χ3v) is 2.95. The molecule has 0 bridgehead atoms. The molecule has 0 saturated heterocycles. The van der Waals surface area contributed by atoms with Gasteiger partial charge in [0.25, 0.3) is 11.3 Å².